The Morgan fingerprint density at radius 2 is 2.22 bits per heavy atom. The smallest absolute Gasteiger partial charge is 0.141 e. The number of imidazole rings is 1. The van der Waals surface area contributed by atoms with Crippen molar-refractivity contribution in [1.29, 1.82) is 0 Å². The van der Waals surface area contributed by atoms with E-state index in [1.54, 1.807) is 12.3 Å². The number of nitrogens with one attached hydrogen (secondary N) is 2. The predicted molar refractivity (Wildman–Crippen MR) is 66.5 cm³/mol. The summed E-state index contributed by atoms with van der Waals surface area (Å²) in [6, 6.07) is 3.06. The number of aromatic nitrogens is 3. The highest BCUT2D eigenvalue weighted by atomic mass is 19.1. The Morgan fingerprint density at radius 1 is 1.28 bits per heavy atom. The summed E-state index contributed by atoms with van der Waals surface area (Å²) >= 11 is 0. The van der Waals surface area contributed by atoms with E-state index in [2.05, 4.69) is 20.3 Å². The lowest BCUT2D eigenvalue weighted by atomic mass is 10.1. The first-order chi connectivity index (χ1) is 8.81. The van der Waals surface area contributed by atoms with Crippen LogP contribution in [0.3, 0.4) is 0 Å². The third-order valence-electron chi connectivity index (χ3n) is 3.28. The molecule has 0 bridgehead atoms. The van der Waals surface area contributed by atoms with Crippen LogP contribution in [0.1, 0.15) is 12.2 Å². The summed E-state index contributed by atoms with van der Waals surface area (Å²) in [5.41, 5.74) is 1.57. The van der Waals surface area contributed by atoms with Gasteiger partial charge in [-0.25, -0.2) is 9.37 Å². The number of halogens is 1. The fourth-order valence-electron chi connectivity index (χ4n) is 2.29. The second kappa shape index (κ2) is 4.86. The lowest BCUT2D eigenvalue weighted by Crippen LogP contribution is -2.11. The Balaban J connectivity index is 1.74. The van der Waals surface area contributed by atoms with Crippen LogP contribution in [0.5, 0.6) is 0 Å². The molecule has 3 heterocycles. The van der Waals surface area contributed by atoms with Crippen LogP contribution in [0.25, 0.3) is 11.4 Å². The SMILES string of the molecule is Fc1ccc(-c2cnc(CC3CCNC3)[nH]2)nc1. The van der Waals surface area contributed by atoms with E-state index in [9.17, 15) is 4.39 Å². The Kier molecular flexibility index (Phi) is 3.06. The van der Waals surface area contributed by atoms with Gasteiger partial charge in [0.05, 0.1) is 23.8 Å². The summed E-state index contributed by atoms with van der Waals surface area (Å²) in [7, 11) is 0. The lowest BCUT2D eigenvalue weighted by molar-refractivity contribution is 0.565. The zero-order chi connectivity index (χ0) is 12.4. The molecule has 1 aliphatic heterocycles. The zero-order valence-electron chi connectivity index (χ0n) is 9.99. The van der Waals surface area contributed by atoms with Gasteiger partial charge in [0.15, 0.2) is 0 Å². The van der Waals surface area contributed by atoms with Crippen molar-refractivity contribution in [2.24, 2.45) is 5.92 Å². The molecule has 2 N–H and O–H groups in total. The molecule has 1 unspecified atom stereocenters. The highest BCUT2D eigenvalue weighted by Gasteiger charge is 2.16. The molecule has 1 saturated heterocycles. The van der Waals surface area contributed by atoms with Crippen LogP contribution < -0.4 is 5.32 Å². The minimum atomic E-state index is -0.324. The van der Waals surface area contributed by atoms with E-state index >= 15 is 0 Å². The van der Waals surface area contributed by atoms with Crippen LogP contribution in [-0.4, -0.2) is 28.0 Å². The molecular formula is C13H15FN4. The van der Waals surface area contributed by atoms with Crippen molar-refractivity contribution >= 4 is 0 Å². The summed E-state index contributed by atoms with van der Waals surface area (Å²) in [5, 5.41) is 3.34. The van der Waals surface area contributed by atoms with Gasteiger partial charge in [-0.2, -0.15) is 0 Å². The van der Waals surface area contributed by atoms with Crippen molar-refractivity contribution in [3.8, 4) is 11.4 Å². The number of nitrogens with zero attached hydrogens (tertiary/aromatic N) is 2. The zero-order valence-corrected chi connectivity index (χ0v) is 9.99. The second-order valence-electron chi connectivity index (χ2n) is 4.67. The fraction of sp³-hybridized carbons (Fsp3) is 0.385. The van der Waals surface area contributed by atoms with E-state index in [1.165, 1.54) is 18.7 Å². The van der Waals surface area contributed by atoms with Gasteiger partial charge in [-0.05, 0) is 37.6 Å². The molecule has 0 spiro atoms. The van der Waals surface area contributed by atoms with E-state index in [-0.39, 0.29) is 5.82 Å². The topological polar surface area (TPSA) is 53.6 Å². The summed E-state index contributed by atoms with van der Waals surface area (Å²) in [6.07, 6.45) is 5.13. The molecule has 3 rings (SSSR count). The maximum absolute atomic E-state index is 12.8. The highest BCUT2D eigenvalue weighted by molar-refractivity contribution is 5.52. The molecule has 94 valence electrons. The van der Waals surface area contributed by atoms with Crippen LogP contribution >= 0.6 is 0 Å². The first-order valence-corrected chi connectivity index (χ1v) is 6.18. The quantitative estimate of drug-likeness (QED) is 0.867. The van der Waals surface area contributed by atoms with Crippen molar-refractivity contribution in [3.05, 3.63) is 36.2 Å². The average Bonchev–Trinajstić information content (AvgIpc) is 3.02. The molecular weight excluding hydrogens is 231 g/mol. The van der Waals surface area contributed by atoms with Gasteiger partial charge in [-0.15, -0.1) is 0 Å². The number of pyridine rings is 1. The first kappa shape index (κ1) is 11.3. The van der Waals surface area contributed by atoms with Gasteiger partial charge in [-0.1, -0.05) is 0 Å². The van der Waals surface area contributed by atoms with Gasteiger partial charge in [-0.3, -0.25) is 4.98 Å². The minimum absolute atomic E-state index is 0.324. The summed E-state index contributed by atoms with van der Waals surface area (Å²) in [4.78, 5) is 11.6. The Hall–Kier alpha value is -1.75. The molecule has 0 saturated carbocycles. The molecule has 5 heteroatoms. The summed E-state index contributed by atoms with van der Waals surface area (Å²) in [5.74, 6) is 1.31. The molecule has 2 aromatic rings. The molecule has 1 fully saturated rings. The first-order valence-electron chi connectivity index (χ1n) is 6.18. The molecule has 0 aliphatic carbocycles. The maximum atomic E-state index is 12.8. The maximum Gasteiger partial charge on any atom is 0.141 e. The Morgan fingerprint density at radius 3 is 2.94 bits per heavy atom. The van der Waals surface area contributed by atoms with Crippen molar-refractivity contribution < 1.29 is 4.39 Å². The third-order valence-corrected chi connectivity index (χ3v) is 3.28. The highest BCUT2D eigenvalue weighted by Crippen LogP contribution is 2.17. The monoisotopic (exact) mass is 246 g/mol. The van der Waals surface area contributed by atoms with Crippen molar-refractivity contribution in [2.75, 3.05) is 13.1 Å². The molecule has 1 aliphatic rings. The Labute approximate surface area is 105 Å². The van der Waals surface area contributed by atoms with E-state index in [1.807, 2.05) is 0 Å². The van der Waals surface area contributed by atoms with Gasteiger partial charge in [0.1, 0.15) is 11.6 Å². The molecule has 1 atom stereocenters. The number of hydrogen-bond donors (Lipinski definition) is 2. The van der Waals surface area contributed by atoms with Gasteiger partial charge in [0.2, 0.25) is 0 Å². The minimum Gasteiger partial charge on any atom is -0.341 e. The van der Waals surface area contributed by atoms with Gasteiger partial charge >= 0.3 is 0 Å². The summed E-state index contributed by atoms with van der Waals surface area (Å²) < 4.78 is 12.8. The number of H-pyrrole nitrogens is 1. The van der Waals surface area contributed by atoms with E-state index in [4.69, 9.17) is 0 Å². The summed E-state index contributed by atoms with van der Waals surface area (Å²) in [6.45, 7) is 2.16. The third kappa shape index (κ3) is 2.41. The Bertz CT molecular complexity index is 514. The molecule has 0 aromatic carbocycles. The molecule has 0 amide bonds. The van der Waals surface area contributed by atoms with Crippen molar-refractivity contribution in [1.82, 2.24) is 20.3 Å². The molecule has 2 aromatic heterocycles. The van der Waals surface area contributed by atoms with Gasteiger partial charge < -0.3 is 10.3 Å². The van der Waals surface area contributed by atoms with Crippen LogP contribution in [0.2, 0.25) is 0 Å². The van der Waals surface area contributed by atoms with Crippen LogP contribution in [0.4, 0.5) is 4.39 Å². The van der Waals surface area contributed by atoms with Crippen molar-refractivity contribution in [2.45, 2.75) is 12.8 Å². The fourth-order valence-corrected chi connectivity index (χ4v) is 2.29. The number of rotatable bonds is 3. The number of aromatic amines is 1. The van der Waals surface area contributed by atoms with E-state index in [0.29, 0.717) is 5.92 Å². The van der Waals surface area contributed by atoms with Crippen LogP contribution in [0.15, 0.2) is 24.5 Å². The van der Waals surface area contributed by atoms with Gasteiger partial charge in [0, 0.05) is 6.42 Å². The van der Waals surface area contributed by atoms with Gasteiger partial charge in [0.25, 0.3) is 0 Å². The predicted octanol–water partition coefficient (Wildman–Crippen LogP) is 1.76. The second-order valence-corrected chi connectivity index (χ2v) is 4.67. The normalized spacial score (nSPS) is 19.3. The molecule has 4 nitrogen and oxygen atoms in total. The lowest BCUT2D eigenvalue weighted by Gasteiger charge is -2.04. The average molecular weight is 246 g/mol. The van der Waals surface area contributed by atoms with Crippen LogP contribution in [-0.2, 0) is 6.42 Å². The standard InChI is InChI=1S/C13H15FN4/c14-10-1-2-11(16-7-10)12-8-17-13(18-12)5-9-3-4-15-6-9/h1-2,7-9,15H,3-6H2,(H,17,18). The van der Waals surface area contributed by atoms with E-state index in [0.717, 1.165) is 36.7 Å². The molecule has 18 heavy (non-hydrogen) atoms. The molecule has 0 radical (unpaired) electrons. The van der Waals surface area contributed by atoms with Crippen LogP contribution in [0, 0.1) is 11.7 Å². The van der Waals surface area contributed by atoms with E-state index < -0.39 is 0 Å². The van der Waals surface area contributed by atoms with Crippen molar-refractivity contribution in [3.63, 3.8) is 0 Å². The number of hydrogen-bond acceptors (Lipinski definition) is 3. The largest absolute Gasteiger partial charge is 0.341 e.